The monoisotopic (exact) mass is 385 g/mol. The van der Waals surface area contributed by atoms with E-state index < -0.39 is 6.10 Å². The molecule has 2 saturated heterocycles. The fourth-order valence-electron chi connectivity index (χ4n) is 4.20. The van der Waals surface area contributed by atoms with Crippen LogP contribution in [0.4, 0.5) is 0 Å². The van der Waals surface area contributed by atoms with E-state index in [0.29, 0.717) is 30.0 Å². The lowest BCUT2D eigenvalue weighted by atomic mass is 9.84. The molecule has 28 heavy (non-hydrogen) atoms. The van der Waals surface area contributed by atoms with Crippen molar-refractivity contribution in [2.24, 2.45) is 0 Å². The second-order valence-electron chi connectivity index (χ2n) is 8.14. The number of aryl methyl sites for hydroxylation is 2. The van der Waals surface area contributed by atoms with Crippen molar-refractivity contribution in [3.63, 3.8) is 0 Å². The smallest absolute Gasteiger partial charge is 0.339 e. The van der Waals surface area contributed by atoms with Crippen molar-refractivity contribution < 1.29 is 18.7 Å². The van der Waals surface area contributed by atoms with Crippen LogP contribution in [0.3, 0.4) is 0 Å². The lowest BCUT2D eigenvalue weighted by Gasteiger charge is -2.47. The summed E-state index contributed by atoms with van der Waals surface area (Å²) in [6, 6.07) is 3.72. The molecular weight excluding hydrogens is 358 g/mol. The highest BCUT2D eigenvalue weighted by Crippen LogP contribution is 2.37. The molecule has 2 aliphatic rings. The minimum absolute atomic E-state index is 0.0137. The summed E-state index contributed by atoms with van der Waals surface area (Å²) in [4.78, 5) is 26.8. The number of rotatable bonds is 3. The van der Waals surface area contributed by atoms with Gasteiger partial charge in [-0.3, -0.25) is 4.79 Å². The van der Waals surface area contributed by atoms with Crippen LogP contribution < -0.4 is 10.4 Å². The van der Waals surface area contributed by atoms with Gasteiger partial charge in [-0.15, -0.1) is 0 Å². The highest BCUT2D eigenvalue weighted by molar-refractivity contribution is 5.89. The summed E-state index contributed by atoms with van der Waals surface area (Å²) in [5.74, 6) is 0.562. The van der Waals surface area contributed by atoms with Gasteiger partial charge in [-0.25, -0.2) is 4.79 Å². The number of piperidine rings is 1. The summed E-state index contributed by atoms with van der Waals surface area (Å²) in [6.45, 7) is 9.56. The zero-order valence-corrected chi connectivity index (χ0v) is 17.0. The molecule has 0 aliphatic carbocycles. The maximum Gasteiger partial charge on any atom is 0.339 e. The van der Waals surface area contributed by atoms with Gasteiger partial charge < -0.3 is 18.8 Å². The summed E-state index contributed by atoms with van der Waals surface area (Å²) in [5.41, 5.74) is 2.45. The Kier molecular flexibility index (Phi) is 4.70. The number of benzene rings is 1. The van der Waals surface area contributed by atoms with Gasteiger partial charge in [0.1, 0.15) is 11.3 Å². The van der Waals surface area contributed by atoms with Gasteiger partial charge in [-0.2, -0.15) is 0 Å². The van der Waals surface area contributed by atoms with Crippen molar-refractivity contribution in [3.8, 4) is 5.75 Å². The summed E-state index contributed by atoms with van der Waals surface area (Å²) < 4.78 is 17.3. The van der Waals surface area contributed by atoms with Crippen LogP contribution in [0.5, 0.6) is 5.75 Å². The van der Waals surface area contributed by atoms with Crippen LogP contribution in [0, 0.1) is 20.8 Å². The number of amides is 1. The van der Waals surface area contributed by atoms with Crippen LogP contribution in [0.2, 0.25) is 0 Å². The lowest BCUT2D eigenvalue weighted by Crippen LogP contribution is -2.55. The number of hydrogen-bond acceptors (Lipinski definition) is 5. The van der Waals surface area contributed by atoms with E-state index in [1.165, 1.54) is 0 Å². The van der Waals surface area contributed by atoms with Crippen LogP contribution >= 0.6 is 0 Å². The third-order valence-corrected chi connectivity index (χ3v) is 6.26. The molecule has 1 spiro atoms. The fourth-order valence-corrected chi connectivity index (χ4v) is 4.20. The number of carbonyl (C=O) groups is 1. The molecule has 6 heteroatoms. The zero-order chi connectivity index (χ0) is 20.1. The zero-order valence-electron chi connectivity index (χ0n) is 17.0. The van der Waals surface area contributed by atoms with E-state index in [4.69, 9.17) is 13.9 Å². The van der Waals surface area contributed by atoms with Crippen molar-refractivity contribution in [2.75, 3.05) is 19.7 Å². The Morgan fingerprint density at radius 2 is 1.82 bits per heavy atom. The van der Waals surface area contributed by atoms with Gasteiger partial charge in [0.25, 0.3) is 5.91 Å². The average Bonchev–Trinajstić information content (AvgIpc) is 2.64. The molecule has 6 nitrogen and oxygen atoms in total. The van der Waals surface area contributed by atoms with E-state index in [9.17, 15) is 9.59 Å². The maximum atomic E-state index is 12.9. The number of likely N-dealkylation sites (tertiary alicyclic amines) is 1. The Bertz CT molecular complexity index is 979. The highest BCUT2D eigenvalue weighted by Gasteiger charge is 2.42. The second kappa shape index (κ2) is 6.92. The number of carbonyl (C=O) groups excluding carboxylic acids is 1. The van der Waals surface area contributed by atoms with Crippen LogP contribution in [-0.4, -0.2) is 42.2 Å². The van der Waals surface area contributed by atoms with E-state index in [0.717, 1.165) is 42.4 Å². The number of hydrogen-bond donors (Lipinski definition) is 0. The fraction of sp³-hybridized carbons (Fsp3) is 0.545. The second-order valence-corrected chi connectivity index (χ2v) is 8.14. The topological polar surface area (TPSA) is 69.0 Å². The van der Waals surface area contributed by atoms with E-state index >= 15 is 0 Å². The van der Waals surface area contributed by atoms with Crippen molar-refractivity contribution in [2.45, 2.75) is 58.7 Å². The Labute approximate surface area is 164 Å². The normalized spacial score (nSPS) is 19.5. The standard InChI is InChI=1S/C22H27NO5/c1-13-11-17(19-14(2)15(3)21(25)28-18(19)12-13)27-16(4)20(24)23-8-5-22(6-9-23)7-10-26-22/h11-12,16H,5-10H2,1-4H3. The molecule has 1 amide bonds. The van der Waals surface area contributed by atoms with Gasteiger partial charge >= 0.3 is 5.63 Å². The first kappa shape index (κ1) is 19.0. The molecule has 1 unspecified atom stereocenters. The van der Waals surface area contributed by atoms with Crippen molar-refractivity contribution in [1.82, 2.24) is 4.90 Å². The average molecular weight is 385 g/mol. The summed E-state index contributed by atoms with van der Waals surface area (Å²) >= 11 is 0. The lowest BCUT2D eigenvalue weighted by molar-refractivity contribution is -0.178. The Morgan fingerprint density at radius 3 is 2.43 bits per heavy atom. The molecule has 0 saturated carbocycles. The number of fused-ring (bicyclic) bond motifs is 1. The van der Waals surface area contributed by atoms with Gasteiger partial charge in [-0.05, 0) is 70.2 Å². The largest absolute Gasteiger partial charge is 0.480 e. The van der Waals surface area contributed by atoms with Crippen molar-refractivity contribution in [1.29, 1.82) is 0 Å². The molecule has 4 rings (SSSR count). The van der Waals surface area contributed by atoms with E-state index in [1.807, 2.05) is 30.9 Å². The molecule has 0 bridgehead atoms. The molecule has 1 atom stereocenters. The molecule has 3 heterocycles. The minimum Gasteiger partial charge on any atom is -0.480 e. The first-order valence-electron chi connectivity index (χ1n) is 9.94. The first-order valence-corrected chi connectivity index (χ1v) is 9.94. The van der Waals surface area contributed by atoms with Crippen LogP contribution in [0.15, 0.2) is 21.3 Å². The van der Waals surface area contributed by atoms with Crippen molar-refractivity contribution >= 4 is 16.9 Å². The van der Waals surface area contributed by atoms with Gasteiger partial charge in [0, 0.05) is 18.7 Å². The SMILES string of the molecule is Cc1cc(OC(C)C(=O)N2CCC3(CCO3)CC2)c2c(C)c(C)c(=O)oc2c1. The van der Waals surface area contributed by atoms with Crippen LogP contribution in [0.1, 0.15) is 42.9 Å². The van der Waals surface area contributed by atoms with Gasteiger partial charge in [-0.1, -0.05) is 0 Å². The molecule has 1 aromatic carbocycles. The Hall–Kier alpha value is -2.34. The Morgan fingerprint density at radius 1 is 1.14 bits per heavy atom. The third kappa shape index (κ3) is 3.20. The van der Waals surface area contributed by atoms with E-state index in [1.54, 1.807) is 13.8 Å². The summed E-state index contributed by atoms with van der Waals surface area (Å²) in [6.07, 6.45) is 2.26. The molecule has 2 fully saturated rings. The molecule has 2 aromatic rings. The van der Waals surface area contributed by atoms with Gasteiger partial charge in [0.2, 0.25) is 0 Å². The predicted molar refractivity (Wildman–Crippen MR) is 106 cm³/mol. The molecule has 0 radical (unpaired) electrons. The molecular formula is C22H27NO5. The van der Waals surface area contributed by atoms with Crippen LogP contribution in [-0.2, 0) is 9.53 Å². The molecule has 0 N–H and O–H groups in total. The number of nitrogens with zero attached hydrogens (tertiary/aromatic N) is 1. The quantitative estimate of drug-likeness (QED) is 0.759. The van der Waals surface area contributed by atoms with Gasteiger partial charge in [0.05, 0.1) is 17.6 Å². The molecule has 2 aliphatic heterocycles. The maximum absolute atomic E-state index is 12.9. The highest BCUT2D eigenvalue weighted by atomic mass is 16.5. The minimum atomic E-state index is -0.618. The van der Waals surface area contributed by atoms with E-state index in [2.05, 4.69) is 0 Å². The van der Waals surface area contributed by atoms with E-state index in [-0.39, 0.29) is 17.1 Å². The summed E-state index contributed by atoms with van der Waals surface area (Å²) in [7, 11) is 0. The third-order valence-electron chi connectivity index (χ3n) is 6.26. The number of ether oxygens (including phenoxy) is 2. The molecule has 1 aromatic heterocycles. The predicted octanol–water partition coefficient (Wildman–Crippen LogP) is 3.27. The van der Waals surface area contributed by atoms with Gasteiger partial charge in [0.15, 0.2) is 6.10 Å². The summed E-state index contributed by atoms with van der Waals surface area (Å²) in [5, 5.41) is 0.753. The molecule has 150 valence electrons. The Balaban J connectivity index is 1.56. The van der Waals surface area contributed by atoms with Crippen LogP contribution in [0.25, 0.3) is 11.0 Å². The first-order chi connectivity index (χ1) is 13.3. The van der Waals surface area contributed by atoms with Crippen molar-refractivity contribution in [3.05, 3.63) is 39.2 Å².